The summed E-state index contributed by atoms with van der Waals surface area (Å²) in [6, 6.07) is 24.4. The molecule has 3 aromatic carbocycles. The van der Waals surface area contributed by atoms with E-state index < -0.39 is 0 Å². The number of likely N-dealkylation sites (tertiary alicyclic amines) is 1. The van der Waals surface area contributed by atoms with Crippen molar-refractivity contribution in [3.63, 3.8) is 0 Å². The molecular weight excluding hydrogens is 427 g/mol. The van der Waals surface area contributed by atoms with Crippen LogP contribution in [0.25, 0.3) is 0 Å². The highest BCUT2D eigenvalue weighted by molar-refractivity contribution is 5.83. The van der Waals surface area contributed by atoms with Gasteiger partial charge in [0.1, 0.15) is 5.82 Å². The zero-order valence-electron chi connectivity index (χ0n) is 19.7. The Kier molecular flexibility index (Phi) is 7.41. The lowest BCUT2D eigenvalue weighted by atomic mass is 9.83. The van der Waals surface area contributed by atoms with Crippen LogP contribution in [-0.4, -0.2) is 29.8 Å². The van der Waals surface area contributed by atoms with Gasteiger partial charge in [-0.05, 0) is 48.6 Å². The second-order valence-electron chi connectivity index (χ2n) is 9.24. The highest BCUT2D eigenvalue weighted by atomic mass is 19.1. The van der Waals surface area contributed by atoms with Gasteiger partial charge in [-0.1, -0.05) is 72.8 Å². The van der Waals surface area contributed by atoms with Gasteiger partial charge >= 0.3 is 0 Å². The lowest BCUT2D eigenvalue weighted by Crippen LogP contribution is -2.48. The molecule has 0 aromatic heterocycles. The summed E-state index contributed by atoms with van der Waals surface area (Å²) in [4.78, 5) is 28.3. The van der Waals surface area contributed by atoms with Crippen LogP contribution in [0.3, 0.4) is 0 Å². The van der Waals surface area contributed by atoms with Crippen LogP contribution in [0, 0.1) is 18.7 Å². The Morgan fingerprint density at radius 3 is 2.35 bits per heavy atom. The summed E-state index contributed by atoms with van der Waals surface area (Å²) in [5.74, 6) is -0.672. The molecule has 3 unspecified atom stereocenters. The fraction of sp³-hybridized carbons (Fsp3) is 0.310. The van der Waals surface area contributed by atoms with Gasteiger partial charge in [-0.25, -0.2) is 4.39 Å². The number of piperidine rings is 1. The fourth-order valence-corrected chi connectivity index (χ4v) is 4.69. The standard InChI is InChI=1S/C29H31FN2O2/c1-20-15-24(13-14-27(20)30)25-17-26(29(34)31-21(2)23-11-7-4-8-12-23)19-32(18-25)28(33)16-22-9-5-3-6-10-22/h3-15,21,25-26H,16-19H2,1-2H3,(H,31,34). The number of rotatable bonds is 6. The molecule has 3 aromatic rings. The molecule has 1 saturated heterocycles. The number of carbonyl (C=O) groups is 2. The predicted molar refractivity (Wildman–Crippen MR) is 132 cm³/mol. The first-order valence-corrected chi connectivity index (χ1v) is 11.8. The lowest BCUT2D eigenvalue weighted by molar-refractivity contribution is -0.136. The van der Waals surface area contributed by atoms with Crippen molar-refractivity contribution in [3.05, 3.63) is 107 Å². The van der Waals surface area contributed by atoms with Gasteiger partial charge in [-0.3, -0.25) is 9.59 Å². The largest absolute Gasteiger partial charge is 0.349 e. The van der Waals surface area contributed by atoms with E-state index in [1.165, 1.54) is 6.07 Å². The summed E-state index contributed by atoms with van der Waals surface area (Å²) in [5, 5.41) is 3.13. The van der Waals surface area contributed by atoms with Crippen LogP contribution in [-0.2, 0) is 16.0 Å². The average Bonchev–Trinajstić information content (AvgIpc) is 2.86. The number of hydrogen-bond donors (Lipinski definition) is 1. The lowest BCUT2D eigenvalue weighted by Gasteiger charge is -2.38. The Hall–Kier alpha value is -3.47. The first-order chi connectivity index (χ1) is 16.4. The van der Waals surface area contributed by atoms with Gasteiger partial charge in [-0.2, -0.15) is 0 Å². The van der Waals surface area contributed by atoms with E-state index in [1.54, 1.807) is 17.9 Å². The van der Waals surface area contributed by atoms with Crippen molar-refractivity contribution in [2.75, 3.05) is 13.1 Å². The molecular formula is C29H31FN2O2. The van der Waals surface area contributed by atoms with Crippen molar-refractivity contribution >= 4 is 11.8 Å². The second-order valence-corrected chi connectivity index (χ2v) is 9.24. The van der Waals surface area contributed by atoms with Crippen LogP contribution in [0.1, 0.15) is 47.6 Å². The molecule has 34 heavy (non-hydrogen) atoms. The summed E-state index contributed by atoms with van der Waals surface area (Å²) >= 11 is 0. The quantitative estimate of drug-likeness (QED) is 0.553. The Labute approximate surface area is 200 Å². The topological polar surface area (TPSA) is 49.4 Å². The molecule has 176 valence electrons. The Bertz CT molecular complexity index is 1130. The maximum Gasteiger partial charge on any atom is 0.227 e. The molecule has 2 amide bonds. The third-order valence-corrected chi connectivity index (χ3v) is 6.68. The van der Waals surface area contributed by atoms with Crippen molar-refractivity contribution in [1.82, 2.24) is 10.2 Å². The molecule has 4 nitrogen and oxygen atoms in total. The minimum atomic E-state index is -0.338. The van der Waals surface area contributed by atoms with Gasteiger partial charge in [-0.15, -0.1) is 0 Å². The fourth-order valence-electron chi connectivity index (χ4n) is 4.69. The van der Waals surface area contributed by atoms with Crippen LogP contribution in [0.2, 0.25) is 0 Å². The summed E-state index contributed by atoms with van der Waals surface area (Å²) in [5.41, 5.74) is 3.52. The second kappa shape index (κ2) is 10.6. The van der Waals surface area contributed by atoms with Crippen molar-refractivity contribution in [2.45, 2.75) is 38.6 Å². The number of aryl methyl sites for hydroxylation is 1. The van der Waals surface area contributed by atoms with Crippen molar-refractivity contribution < 1.29 is 14.0 Å². The number of benzene rings is 3. The third-order valence-electron chi connectivity index (χ3n) is 6.68. The van der Waals surface area contributed by atoms with Crippen molar-refractivity contribution in [1.29, 1.82) is 0 Å². The first kappa shape index (κ1) is 23.7. The molecule has 5 heteroatoms. The van der Waals surface area contributed by atoms with Crippen LogP contribution in [0.15, 0.2) is 78.9 Å². The van der Waals surface area contributed by atoms with Gasteiger partial charge in [0.2, 0.25) is 11.8 Å². The maximum atomic E-state index is 13.9. The van der Waals surface area contributed by atoms with E-state index in [0.717, 1.165) is 16.7 Å². The van der Waals surface area contributed by atoms with Gasteiger partial charge in [0.05, 0.1) is 18.4 Å². The number of amides is 2. The van der Waals surface area contributed by atoms with Gasteiger partial charge in [0.15, 0.2) is 0 Å². The molecule has 1 N–H and O–H groups in total. The molecule has 0 aliphatic carbocycles. The van der Waals surface area contributed by atoms with Crippen molar-refractivity contribution in [3.8, 4) is 0 Å². The molecule has 1 aliphatic heterocycles. The molecule has 1 aliphatic rings. The van der Waals surface area contributed by atoms with E-state index in [0.29, 0.717) is 31.5 Å². The molecule has 4 rings (SSSR count). The summed E-state index contributed by atoms with van der Waals surface area (Å²) in [6.45, 7) is 4.62. The maximum absolute atomic E-state index is 13.9. The zero-order valence-corrected chi connectivity index (χ0v) is 19.7. The summed E-state index contributed by atoms with van der Waals surface area (Å²) < 4.78 is 13.9. The van der Waals surface area contributed by atoms with E-state index >= 15 is 0 Å². The molecule has 0 bridgehead atoms. The van der Waals surface area contributed by atoms with E-state index in [9.17, 15) is 14.0 Å². The third kappa shape index (κ3) is 5.71. The van der Waals surface area contributed by atoms with Crippen LogP contribution in [0.4, 0.5) is 4.39 Å². The molecule has 1 heterocycles. The molecule has 1 fully saturated rings. The number of halogens is 1. The van der Waals surface area contributed by atoms with E-state index in [4.69, 9.17) is 0 Å². The summed E-state index contributed by atoms with van der Waals surface area (Å²) in [7, 11) is 0. The number of hydrogen-bond acceptors (Lipinski definition) is 2. The SMILES string of the molecule is Cc1cc(C2CC(C(=O)NC(C)c3ccccc3)CN(C(=O)Cc3ccccc3)C2)ccc1F. The highest BCUT2D eigenvalue weighted by Gasteiger charge is 2.35. The molecule has 0 saturated carbocycles. The minimum absolute atomic E-state index is 0.00337. The monoisotopic (exact) mass is 458 g/mol. The van der Waals surface area contributed by atoms with Crippen molar-refractivity contribution in [2.24, 2.45) is 5.92 Å². The molecule has 0 radical (unpaired) electrons. The first-order valence-electron chi connectivity index (χ1n) is 11.8. The van der Waals surface area contributed by atoms with Crippen LogP contribution < -0.4 is 5.32 Å². The number of nitrogens with one attached hydrogen (secondary N) is 1. The van der Waals surface area contributed by atoms with Gasteiger partial charge in [0.25, 0.3) is 0 Å². The average molecular weight is 459 g/mol. The van der Waals surface area contributed by atoms with Gasteiger partial charge in [0, 0.05) is 19.0 Å². The van der Waals surface area contributed by atoms with E-state index in [2.05, 4.69) is 5.32 Å². The zero-order chi connectivity index (χ0) is 24.1. The Balaban J connectivity index is 1.54. The predicted octanol–water partition coefficient (Wildman–Crippen LogP) is 5.19. The van der Waals surface area contributed by atoms with Crippen LogP contribution in [0.5, 0.6) is 0 Å². The molecule has 3 atom stereocenters. The van der Waals surface area contributed by atoms with E-state index in [-0.39, 0.29) is 35.5 Å². The Morgan fingerprint density at radius 2 is 1.68 bits per heavy atom. The number of carbonyl (C=O) groups excluding carboxylic acids is 2. The molecule has 0 spiro atoms. The Morgan fingerprint density at radius 1 is 1.00 bits per heavy atom. The van der Waals surface area contributed by atoms with Crippen LogP contribution >= 0.6 is 0 Å². The highest BCUT2D eigenvalue weighted by Crippen LogP contribution is 2.32. The smallest absolute Gasteiger partial charge is 0.227 e. The van der Waals surface area contributed by atoms with Gasteiger partial charge < -0.3 is 10.2 Å². The summed E-state index contributed by atoms with van der Waals surface area (Å²) in [6.07, 6.45) is 0.915. The van der Waals surface area contributed by atoms with E-state index in [1.807, 2.05) is 73.7 Å². The number of nitrogens with zero attached hydrogens (tertiary/aromatic N) is 1. The minimum Gasteiger partial charge on any atom is -0.349 e. The normalized spacial score (nSPS) is 18.9.